The predicted molar refractivity (Wildman–Crippen MR) is 87.7 cm³/mol. The lowest BCUT2D eigenvalue weighted by Crippen LogP contribution is -2.33. The topological polar surface area (TPSA) is 129 Å². The highest BCUT2D eigenvalue weighted by Crippen LogP contribution is 2.16. The van der Waals surface area contributed by atoms with Crippen LogP contribution in [0, 0.1) is 5.92 Å². The molecule has 1 amide bonds. The molecule has 0 radical (unpaired) electrons. The molecule has 1 aliphatic heterocycles. The van der Waals surface area contributed by atoms with Crippen molar-refractivity contribution >= 4 is 23.5 Å². The molecule has 24 heavy (non-hydrogen) atoms. The third-order valence-electron chi connectivity index (χ3n) is 3.67. The first kappa shape index (κ1) is 17.8. The number of carbonyl (C=O) groups excluding carboxylic acids is 1. The number of hydrogen-bond acceptors (Lipinski definition) is 6. The average molecular weight is 337 g/mol. The summed E-state index contributed by atoms with van der Waals surface area (Å²) in [7, 11) is 0. The summed E-state index contributed by atoms with van der Waals surface area (Å²) in [6.07, 6.45) is 5.67. The van der Waals surface area contributed by atoms with E-state index in [-0.39, 0.29) is 25.0 Å². The number of H-pyrrole nitrogens is 1. The molecule has 2 rings (SSSR count). The molecule has 0 spiro atoms. The standard InChI is InChI=1S/C15H23N5O4/c1-10(14(22)23)9-19-13(21)8-12-7-11(20-24-12)3-2-4-16-15-17-5-6-18-15/h5-6,10,12H,2-4,7-9H2,1H3,(H,19,21)(H,22,23)(H2,16,17,18). The first-order valence-electron chi connectivity index (χ1n) is 7.99. The number of aliphatic carboxylic acids is 1. The quantitative estimate of drug-likeness (QED) is 0.471. The predicted octanol–water partition coefficient (Wildman–Crippen LogP) is 0.974. The molecule has 9 nitrogen and oxygen atoms in total. The zero-order chi connectivity index (χ0) is 17.4. The van der Waals surface area contributed by atoms with Crippen LogP contribution in [0.2, 0.25) is 0 Å². The third kappa shape index (κ3) is 5.90. The normalized spacial score (nSPS) is 17.7. The number of amides is 1. The number of imidazole rings is 1. The molecule has 4 N–H and O–H groups in total. The second-order valence-electron chi connectivity index (χ2n) is 5.80. The Bertz CT molecular complexity index is 572. The van der Waals surface area contributed by atoms with Crippen LogP contribution in [0.1, 0.15) is 32.6 Å². The number of carbonyl (C=O) groups is 2. The molecule has 1 aromatic rings. The number of rotatable bonds is 10. The van der Waals surface area contributed by atoms with E-state index >= 15 is 0 Å². The monoisotopic (exact) mass is 337 g/mol. The summed E-state index contributed by atoms with van der Waals surface area (Å²) < 4.78 is 0. The lowest BCUT2D eigenvalue weighted by molar-refractivity contribution is -0.141. The molecule has 132 valence electrons. The van der Waals surface area contributed by atoms with Gasteiger partial charge in [0.2, 0.25) is 5.91 Å². The van der Waals surface area contributed by atoms with Crippen molar-refractivity contribution in [1.82, 2.24) is 15.3 Å². The molecule has 2 atom stereocenters. The Morgan fingerprint density at radius 3 is 3.08 bits per heavy atom. The van der Waals surface area contributed by atoms with Crippen LogP contribution >= 0.6 is 0 Å². The second-order valence-corrected chi connectivity index (χ2v) is 5.80. The van der Waals surface area contributed by atoms with Gasteiger partial charge in [-0.15, -0.1) is 0 Å². The summed E-state index contributed by atoms with van der Waals surface area (Å²) in [6, 6.07) is 0. The van der Waals surface area contributed by atoms with Crippen molar-refractivity contribution in [2.24, 2.45) is 11.1 Å². The number of anilines is 1. The number of aromatic amines is 1. The highest BCUT2D eigenvalue weighted by Gasteiger charge is 2.24. The van der Waals surface area contributed by atoms with E-state index in [9.17, 15) is 9.59 Å². The van der Waals surface area contributed by atoms with Crippen molar-refractivity contribution < 1.29 is 19.5 Å². The molecular formula is C15H23N5O4. The highest BCUT2D eigenvalue weighted by atomic mass is 16.6. The van der Waals surface area contributed by atoms with Crippen LogP contribution in [0.3, 0.4) is 0 Å². The van der Waals surface area contributed by atoms with E-state index < -0.39 is 11.9 Å². The van der Waals surface area contributed by atoms with E-state index in [4.69, 9.17) is 9.94 Å². The number of oxime groups is 1. The molecule has 0 aliphatic carbocycles. The van der Waals surface area contributed by atoms with Crippen LogP contribution in [-0.4, -0.2) is 51.9 Å². The van der Waals surface area contributed by atoms with Crippen LogP contribution < -0.4 is 10.6 Å². The molecule has 0 bridgehead atoms. The summed E-state index contributed by atoms with van der Waals surface area (Å²) >= 11 is 0. The molecule has 0 fully saturated rings. The summed E-state index contributed by atoms with van der Waals surface area (Å²) in [5.74, 6) is -1.01. The maximum Gasteiger partial charge on any atom is 0.308 e. The molecule has 0 saturated heterocycles. The molecule has 2 unspecified atom stereocenters. The molecule has 1 aliphatic rings. The molecule has 0 saturated carbocycles. The SMILES string of the molecule is CC(CNC(=O)CC1CC(CCCNc2ncc[nH]2)=NO1)C(=O)O. The average Bonchev–Trinajstić information content (AvgIpc) is 3.21. The third-order valence-corrected chi connectivity index (χ3v) is 3.67. The Kier molecular flexibility index (Phi) is 6.59. The van der Waals surface area contributed by atoms with E-state index in [0.717, 1.165) is 31.0 Å². The molecule has 0 aromatic carbocycles. The van der Waals surface area contributed by atoms with Gasteiger partial charge in [0.1, 0.15) is 6.10 Å². The largest absolute Gasteiger partial charge is 0.481 e. The maximum absolute atomic E-state index is 11.8. The van der Waals surface area contributed by atoms with E-state index in [1.807, 2.05) is 0 Å². The fourth-order valence-corrected chi connectivity index (χ4v) is 2.24. The van der Waals surface area contributed by atoms with Crippen molar-refractivity contribution in [3.8, 4) is 0 Å². The zero-order valence-electron chi connectivity index (χ0n) is 13.6. The van der Waals surface area contributed by atoms with Crippen molar-refractivity contribution in [3.05, 3.63) is 12.4 Å². The van der Waals surface area contributed by atoms with Gasteiger partial charge in [0, 0.05) is 31.9 Å². The Morgan fingerprint density at radius 1 is 1.54 bits per heavy atom. The van der Waals surface area contributed by atoms with Crippen LogP contribution in [-0.2, 0) is 14.4 Å². The van der Waals surface area contributed by atoms with Crippen LogP contribution in [0.15, 0.2) is 17.5 Å². The van der Waals surface area contributed by atoms with Gasteiger partial charge in [-0.1, -0.05) is 12.1 Å². The van der Waals surface area contributed by atoms with Crippen molar-refractivity contribution in [2.45, 2.75) is 38.7 Å². The summed E-state index contributed by atoms with van der Waals surface area (Å²) in [4.78, 5) is 34.8. The summed E-state index contributed by atoms with van der Waals surface area (Å²) in [6.45, 7) is 2.43. The van der Waals surface area contributed by atoms with Crippen molar-refractivity contribution in [3.63, 3.8) is 0 Å². The van der Waals surface area contributed by atoms with Gasteiger partial charge in [-0.3, -0.25) is 9.59 Å². The van der Waals surface area contributed by atoms with Crippen LogP contribution in [0.4, 0.5) is 5.95 Å². The Labute approximate surface area is 139 Å². The van der Waals surface area contributed by atoms with Crippen LogP contribution in [0.25, 0.3) is 0 Å². The number of carboxylic acid groups (broad SMARTS) is 1. The Balaban J connectivity index is 1.56. The number of nitrogens with one attached hydrogen (secondary N) is 3. The number of carboxylic acids is 1. The molecular weight excluding hydrogens is 314 g/mol. The van der Waals surface area contributed by atoms with Gasteiger partial charge in [-0.05, 0) is 12.8 Å². The van der Waals surface area contributed by atoms with E-state index in [2.05, 4.69) is 25.8 Å². The minimum Gasteiger partial charge on any atom is -0.481 e. The van der Waals surface area contributed by atoms with E-state index in [1.54, 1.807) is 19.3 Å². The van der Waals surface area contributed by atoms with Gasteiger partial charge in [0.25, 0.3) is 0 Å². The van der Waals surface area contributed by atoms with Crippen molar-refractivity contribution in [1.29, 1.82) is 0 Å². The van der Waals surface area contributed by atoms with Gasteiger partial charge in [0.05, 0.1) is 18.1 Å². The zero-order valence-corrected chi connectivity index (χ0v) is 13.6. The van der Waals surface area contributed by atoms with Crippen molar-refractivity contribution in [2.75, 3.05) is 18.4 Å². The second kappa shape index (κ2) is 8.90. The first-order valence-corrected chi connectivity index (χ1v) is 7.99. The number of nitrogens with zero attached hydrogens (tertiary/aromatic N) is 2. The number of aromatic nitrogens is 2. The fourth-order valence-electron chi connectivity index (χ4n) is 2.24. The van der Waals surface area contributed by atoms with Crippen LogP contribution in [0.5, 0.6) is 0 Å². The first-order chi connectivity index (χ1) is 11.5. The number of hydrogen-bond donors (Lipinski definition) is 4. The van der Waals surface area contributed by atoms with Gasteiger partial charge in [-0.2, -0.15) is 0 Å². The molecule has 9 heteroatoms. The Hall–Kier alpha value is -2.58. The Morgan fingerprint density at radius 2 is 2.38 bits per heavy atom. The lowest BCUT2D eigenvalue weighted by Gasteiger charge is -2.10. The maximum atomic E-state index is 11.8. The van der Waals surface area contributed by atoms with E-state index in [0.29, 0.717) is 6.42 Å². The molecule has 1 aromatic heterocycles. The van der Waals surface area contributed by atoms with Gasteiger partial charge in [-0.25, -0.2) is 4.98 Å². The van der Waals surface area contributed by atoms with Gasteiger partial charge in [0.15, 0.2) is 5.95 Å². The van der Waals surface area contributed by atoms with E-state index in [1.165, 1.54) is 0 Å². The summed E-state index contributed by atoms with van der Waals surface area (Å²) in [5, 5.41) is 18.5. The van der Waals surface area contributed by atoms with Gasteiger partial charge < -0.3 is 25.6 Å². The smallest absolute Gasteiger partial charge is 0.308 e. The minimum atomic E-state index is -0.929. The minimum absolute atomic E-state index is 0.118. The highest BCUT2D eigenvalue weighted by molar-refractivity contribution is 5.86. The molecule has 2 heterocycles. The lowest BCUT2D eigenvalue weighted by atomic mass is 10.1. The summed E-state index contributed by atoms with van der Waals surface area (Å²) in [5.41, 5.74) is 0.938. The van der Waals surface area contributed by atoms with Gasteiger partial charge >= 0.3 is 5.97 Å². The fraction of sp³-hybridized carbons (Fsp3) is 0.600.